The number of carboxylic acid groups (broad SMARTS) is 1. The number of thiophene rings is 1. The van der Waals surface area contributed by atoms with Gasteiger partial charge >= 0.3 is 12.6 Å². The molecule has 0 aliphatic rings. The van der Waals surface area contributed by atoms with E-state index in [1.807, 2.05) is 0 Å². The van der Waals surface area contributed by atoms with Crippen LogP contribution in [0.1, 0.15) is 23.0 Å². The Morgan fingerprint density at radius 2 is 2.00 bits per heavy atom. The number of phenols is 1. The number of aromatic hydroxyl groups is 1. The third-order valence-corrected chi connectivity index (χ3v) is 4.14. The molecule has 2 rings (SSSR count). The summed E-state index contributed by atoms with van der Waals surface area (Å²) in [6, 6.07) is 3.93. The van der Waals surface area contributed by atoms with Gasteiger partial charge in [-0.2, -0.15) is 8.78 Å². The van der Waals surface area contributed by atoms with Gasteiger partial charge in [-0.25, -0.2) is 0 Å². The van der Waals surface area contributed by atoms with Crippen LogP contribution >= 0.6 is 11.3 Å². The van der Waals surface area contributed by atoms with Crippen LogP contribution in [0, 0.1) is 5.92 Å². The van der Waals surface area contributed by atoms with E-state index in [0.717, 1.165) is 11.3 Å². The van der Waals surface area contributed by atoms with Crippen molar-refractivity contribution >= 4 is 33.2 Å². The lowest BCUT2D eigenvalue weighted by Gasteiger charge is -2.06. The van der Waals surface area contributed by atoms with Crippen LogP contribution in [0.15, 0.2) is 18.2 Å². The maximum Gasteiger partial charge on any atom is 0.387 e. The van der Waals surface area contributed by atoms with Gasteiger partial charge in [0, 0.05) is 17.2 Å². The van der Waals surface area contributed by atoms with Gasteiger partial charge in [-0.05, 0) is 17.5 Å². The van der Waals surface area contributed by atoms with Crippen LogP contribution in [-0.4, -0.2) is 28.6 Å². The minimum Gasteiger partial charge on any atom is -0.504 e. The molecule has 0 radical (unpaired) electrons. The first-order valence-electron chi connectivity index (χ1n) is 6.25. The fourth-order valence-corrected chi connectivity index (χ4v) is 2.87. The van der Waals surface area contributed by atoms with Crippen molar-refractivity contribution < 1.29 is 33.3 Å². The van der Waals surface area contributed by atoms with Crippen molar-refractivity contribution in [3.8, 4) is 11.5 Å². The van der Waals surface area contributed by atoms with Gasteiger partial charge in [0.2, 0.25) is 0 Å². The zero-order valence-corrected chi connectivity index (χ0v) is 12.2. The standard InChI is InChI=1S/C14H12F2O5S/c1-6(13(19)20)2-9(18)12-4-7-3-8(17)10(21-14(15)16)5-11(7)22-12/h3-6,14,17H,2H2,1H3,(H,19,20). The maximum absolute atomic E-state index is 12.2. The zero-order chi connectivity index (χ0) is 16.4. The first-order chi connectivity index (χ1) is 10.3. The van der Waals surface area contributed by atoms with E-state index >= 15 is 0 Å². The molecule has 0 aliphatic heterocycles. The van der Waals surface area contributed by atoms with E-state index in [0.29, 0.717) is 15.0 Å². The predicted molar refractivity (Wildman–Crippen MR) is 75.9 cm³/mol. The van der Waals surface area contributed by atoms with Gasteiger partial charge in [-0.1, -0.05) is 6.92 Å². The molecule has 22 heavy (non-hydrogen) atoms. The molecule has 118 valence electrons. The van der Waals surface area contributed by atoms with Crippen molar-refractivity contribution in [3.63, 3.8) is 0 Å². The smallest absolute Gasteiger partial charge is 0.387 e. The van der Waals surface area contributed by atoms with Gasteiger partial charge < -0.3 is 14.9 Å². The van der Waals surface area contributed by atoms with Crippen LogP contribution in [0.25, 0.3) is 10.1 Å². The van der Waals surface area contributed by atoms with Gasteiger partial charge in [0.25, 0.3) is 0 Å². The summed E-state index contributed by atoms with van der Waals surface area (Å²) in [4.78, 5) is 23.1. The molecule has 2 N–H and O–H groups in total. The van der Waals surface area contributed by atoms with Gasteiger partial charge in [0.15, 0.2) is 17.3 Å². The molecule has 2 aromatic rings. The van der Waals surface area contributed by atoms with Crippen LogP contribution in [0.4, 0.5) is 8.78 Å². The molecule has 0 bridgehead atoms. The average Bonchev–Trinajstić information content (AvgIpc) is 2.81. The lowest BCUT2D eigenvalue weighted by molar-refractivity contribution is -0.141. The summed E-state index contributed by atoms with van der Waals surface area (Å²) in [5.74, 6) is -3.07. The van der Waals surface area contributed by atoms with E-state index in [1.54, 1.807) is 0 Å². The van der Waals surface area contributed by atoms with Crippen molar-refractivity contribution in [3.05, 3.63) is 23.1 Å². The first-order valence-corrected chi connectivity index (χ1v) is 7.07. The Labute approximate surface area is 127 Å². The quantitative estimate of drug-likeness (QED) is 0.792. The van der Waals surface area contributed by atoms with Crippen LogP contribution in [0.3, 0.4) is 0 Å². The van der Waals surface area contributed by atoms with Gasteiger partial charge in [-0.15, -0.1) is 11.3 Å². The second-order valence-corrected chi connectivity index (χ2v) is 5.80. The van der Waals surface area contributed by atoms with Crippen molar-refractivity contribution in [1.82, 2.24) is 0 Å². The zero-order valence-electron chi connectivity index (χ0n) is 11.4. The number of aliphatic carboxylic acids is 1. The number of hydrogen-bond donors (Lipinski definition) is 2. The van der Waals surface area contributed by atoms with Crippen molar-refractivity contribution in [2.75, 3.05) is 0 Å². The molecule has 1 aromatic heterocycles. The molecule has 8 heteroatoms. The second-order valence-electron chi connectivity index (χ2n) is 4.71. The Morgan fingerprint density at radius 1 is 1.32 bits per heavy atom. The highest BCUT2D eigenvalue weighted by Gasteiger charge is 2.20. The van der Waals surface area contributed by atoms with Crippen LogP contribution in [0.2, 0.25) is 0 Å². The maximum atomic E-state index is 12.2. The summed E-state index contributed by atoms with van der Waals surface area (Å²) in [5.41, 5.74) is 0. The number of halogens is 2. The van der Waals surface area contributed by atoms with Gasteiger partial charge in [0.1, 0.15) is 0 Å². The number of rotatable bonds is 6. The normalized spacial score (nSPS) is 12.5. The fraction of sp³-hybridized carbons (Fsp3) is 0.286. The highest BCUT2D eigenvalue weighted by molar-refractivity contribution is 7.20. The van der Waals surface area contributed by atoms with Crippen molar-refractivity contribution in [2.24, 2.45) is 5.92 Å². The van der Waals surface area contributed by atoms with E-state index in [9.17, 15) is 23.5 Å². The Balaban J connectivity index is 2.30. The Hall–Kier alpha value is -2.22. The lowest BCUT2D eigenvalue weighted by Crippen LogP contribution is -2.13. The number of hydrogen-bond acceptors (Lipinski definition) is 5. The number of carbonyl (C=O) groups is 2. The summed E-state index contributed by atoms with van der Waals surface area (Å²) < 4.78 is 29.1. The summed E-state index contributed by atoms with van der Waals surface area (Å²) in [7, 11) is 0. The third kappa shape index (κ3) is 3.51. The summed E-state index contributed by atoms with van der Waals surface area (Å²) >= 11 is 1.03. The molecule has 1 heterocycles. The predicted octanol–water partition coefficient (Wildman–Crippen LogP) is 3.50. The van der Waals surface area contributed by atoms with Gasteiger partial charge in [0.05, 0.1) is 10.8 Å². The van der Waals surface area contributed by atoms with Crippen LogP contribution in [-0.2, 0) is 4.79 Å². The highest BCUT2D eigenvalue weighted by atomic mass is 32.1. The first kappa shape index (κ1) is 16.2. The van der Waals surface area contributed by atoms with Crippen LogP contribution in [0.5, 0.6) is 11.5 Å². The largest absolute Gasteiger partial charge is 0.504 e. The minimum absolute atomic E-state index is 0.158. The number of alkyl halides is 2. The molecule has 0 saturated heterocycles. The summed E-state index contributed by atoms with van der Waals surface area (Å²) in [5, 5.41) is 18.9. The molecule has 1 atom stereocenters. The number of ketones is 1. The topological polar surface area (TPSA) is 83.8 Å². The monoisotopic (exact) mass is 330 g/mol. The Morgan fingerprint density at radius 3 is 2.59 bits per heavy atom. The summed E-state index contributed by atoms with van der Waals surface area (Å²) in [6.07, 6.45) is -0.158. The molecule has 0 amide bonds. The number of carboxylic acids is 1. The van der Waals surface area contributed by atoms with Crippen molar-refractivity contribution in [2.45, 2.75) is 20.0 Å². The number of phenolic OH excluding ortho intramolecular Hbond substituents is 1. The number of carbonyl (C=O) groups excluding carboxylic acids is 1. The van der Waals surface area contributed by atoms with E-state index in [1.165, 1.54) is 25.1 Å². The fourth-order valence-electron chi connectivity index (χ4n) is 1.85. The number of Topliss-reactive ketones (excluding diaryl/α,β-unsaturated/α-hetero) is 1. The molecule has 5 nitrogen and oxygen atoms in total. The highest BCUT2D eigenvalue weighted by Crippen LogP contribution is 2.37. The SMILES string of the molecule is CC(CC(=O)c1cc2cc(O)c(OC(F)F)cc2s1)C(=O)O. The molecular formula is C14H12F2O5S. The second kappa shape index (κ2) is 6.27. The Kier molecular flexibility index (Phi) is 4.60. The molecular weight excluding hydrogens is 318 g/mol. The molecule has 0 aliphatic carbocycles. The molecule has 0 fully saturated rings. The van der Waals surface area contributed by atoms with E-state index < -0.39 is 24.2 Å². The summed E-state index contributed by atoms with van der Waals surface area (Å²) in [6.45, 7) is -1.64. The van der Waals surface area contributed by atoms with E-state index in [4.69, 9.17) is 5.11 Å². The van der Waals surface area contributed by atoms with E-state index in [2.05, 4.69) is 4.74 Å². The third-order valence-electron chi connectivity index (χ3n) is 3.00. The number of ether oxygens (including phenoxy) is 1. The Bertz CT molecular complexity index is 725. The average molecular weight is 330 g/mol. The molecule has 1 unspecified atom stereocenters. The number of benzene rings is 1. The van der Waals surface area contributed by atoms with Crippen molar-refractivity contribution in [1.29, 1.82) is 0 Å². The molecule has 0 spiro atoms. The lowest BCUT2D eigenvalue weighted by atomic mass is 10.0. The van der Waals surface area contributed by atoms with E-state index in [-0.39, 0.29) is 18.0 Å². The minimum atomic E-state index is -3.07. The van der Waals surface area contributed by atoms with Gasteiger partial charge in [-0.3, -0.25) is 9.59 Å². The number of fused-ring (bicyclic) bond motifs is 1. The molecule has 0 saturated carbocycles. The van der Waals surface area contributed by atoms with Crippen LogP contribution < -0.4 is 4.74 Å². The molecule has 1 aromatic carbocycles.